The molecule has 1 atom stereocenters. The summed E-state index contributed by atoms with van der Waals surface area (Å²) in [5, 5.41) is 8.73. The van der Waals surface area contributed by atoms with Crippen molar-refractivity contribution >= 4 is 31.3 Å². The lowest BCUT2D eigenvalue weighted by Gasteiger charge is -2.21. The number of amides is 1. The molecule has 0 aliphatic carbocycles. The highest BCUT2D eigenvalue weighted by molar-refractivity contribution is 8.13. The number of nitriles is 1. The third-order valence-corrected chi connectivity index (χ3v) is 4.61. The first kappa shape index (κ1) is 17.6. The summed E-state index contributed by atoms with van der Waals surface area (Å²) < 4.78 is 61.6. The van der Waals surface area contributed by atoms with E-state index in [0.29, 0.717) is 6.07 Å². The first-order valence-electron chi connectivity index (χ1n) is 6.35. The lowest BCUT2D eigenvalue weighted by Crippen LogP contribution is -2.28. The number of carbonyl (C=O) groups is 1. The van der Waals surface area contributed by atoms with Gasteiger partial charge in [0.15, 0.2) is 0 Å². The molecule has 1 aromatic rings. The lowest BCUT2D eigenvalue weighted by atomic mass is 10.1. The molecular formula is C13H10ClF3N2O3S. The summed E-state index contributed by atoms with van der Waals surface area (Å²) in [7, 11) is 1.27. The number of alkyl halides is 3. The van der Waals surface area contributed by atoms with Gasteiger partial charge in [-0.1, -0.05) is 0 Å². The molecular weight excluding hydrogens is 357 g/mol. The van der Waals surface area contributed by atoms with E-state index in [9.17, 15) is 26.4 Å². The summed E-state index contributed by atoms with van der Waals surface area (Å²) in [6.45, 7) is -0.181. The zero-order valence-electron chi connectivity index (χ0n) is 11.5. The number of rotatable bonds is 3. The molecule has 0 aromatic heterocycles. The molecule has 1 heterocycles. The quantitative estimate of drug-likeness (QED) is 0.770. The van der Waals surface area contributed by atoms with Crippen LogP contribution in [-0.4, -0.2) is 26.6 Å². The van der Waals surface area contributed by atoms with E-state index in [-0.39, 0.29) is 18.5 Å². The second-order valence-electron chi connectivity index (χ2n) is 5.12. The molecule has 5 nitrogen and oxygen atoms in total. The zero-order chi connectivity index (χ0) is 17.4. The molecule has 1 aromatic carbocycles. The summed E-state index contributed by atoms with van der Waals surface area (Å²) in [5.74, 6) is -1.79. The van der Waals surface area contributed by atoms with E-state index < -0.39 is 44.1 Å². The molecule has 1 fully saturated rings. The Hall–Kier alpha value is -1.79. The maximum atomic E-state index is 13.1. The molecule has 0 saturated carbocycles. The van der Waals surface area contributed by atoms with E-state index in [2.05, 4.69) is 0 Å². The predicted molar refractivity (Wildman–Crippen MR) is 76.3 cm³/mol. The number of anilines is 1. The Morgan fingerprint density at radius 2 is 2.04 bits per heavy atom. The van der Waals surface area contributed by atoms with Crippen LogP contribution in [0.25, 0.3) is 0 Å². The van der Waals surface area contributed by atoms with Crippen LogP contribution in [0.5, 0.6) is 0 Å². The van der Waals surface area contributed by atoms with Gasteiger partial charge in [0.25, 0.3) is 0 Å². The minimum Gasteiger partial charge on any atom is -0.311 e. The molecule has 2 rings (SSSR count). The Morgan fingerprint density at radius 3 is 2.57 bits per heavy atom. The van der Waals surface area contributed by atoms with Gasteiger partial charge < -0.3 is 4.90 Å². The fourth-order valence-electron chi connectivity index (χ4n) is 2.48. The van der Waals surface area contributed by atoms with Gasteiger partial charge in [-0.15, -0.1) is 0 Å². The zero-order valence-corrected chi connectivity index (χ0v) is 13.0. The van der Waals surface area contributed by atoms with Gasteiger partial charge in [0.2, 0.25) is 15.0 Å². The van der Waals surface area contributed by atoms with E-state index in [1.54, 1.807) is 6.07 Å². The Labute approximate surface area is 134 Å². The van der Waals surface area contributed by atoms with Crippen LogP contribution in [0.1, 0.15) is 17.5 Å². The number of halogens is 4. The monoisotopic (exact) mass is 366 g/mol. The van der Waals surface area contributed by atoms with E-state index >= 15 is 0 Å². The SMILES string of the molecule is N#Cc1ccc(N2CC(CS(=O)(=O)Cl)CC2=O)c(C(F)(F)F)c1. The topological polar surface area (TPSA) is 78.2 Å². The van der Waals surface area contributed by atoms with Crippen LogP contribution < -0.4 is 4.90 Å². The molecule has 0 N–H and O–H groups in total. The first-order chi connectivity index (χ1) is 10.5. The maximum absolute atomic E-state index is 13.1. The number of nitrogens with zero attached hydrogens (tertiary/aromatic N) is 2. The van der Waals surface area contributed by atoms with Crippen LogP contribution in [-0.2, 0) is 20.0 Å². The third-order valence-electron chi connectivity index (χ3n) is 3.36. The van der Waals surface area contributed by atoms with Crippen molar-refractivity contribution in [2.75, 3.05) is 17.2 Å². The number of hydrogen-bond acceptors (Lipinski definition) is 4. The first-order valence-corrected chi connectivity index (χ1v) is 8.83. The summed E-state index contributed by atoms with van der Waals surface area (Å²) >= 11 is 0. The van der Waals surface area contributed by atoms with E-state index in [4.69, 9.17) is 15.9 Å². The lowest BCUT2D eigenvalue weighted by molar-refractivity contribution is -0.137. The number of hydrogen-bond donors (Lipinski definition) is 0. The highest BCUT2D eigenvalue weighted by Gasteiger charge is 2.40. The Balaban J connectivity index is 2.39. The molecule has 0 bridgehead atoms. The normalized spacial score (nSPS) is 19.0. The standard InChI is InChI=1S/C13H10ClF3N2O3S/c14-23(21,22)7-9-4-12(20)19(6-9)11-2-1-8(5-18)3-10(11)13(15,16)17/h1-3,9H,4,6-7H2. The molecule has 1 aliphatic heterocycles. The average molecular weight is 367 g/mol. The van der Waals surface area contributed by atoms with Gasteiger partial charge >= 0.3 is 6.18 Å². The third kappa shape index (κ3) is 4.14. The largest absolute Gasteiger partial charge is 0.418 e. The van der Waals surface area contributed by atoms with Crippen molar-refractivity contribution in [1.82, 2.24) is 0 Å². The van der Waals surface area contributed by atoms with Crippen molar-refractivity contribution in [3.63, 3.8) is 0 Å². The fraction of sp³-hybridized carbons (Fsp3) is 0.385. The van der Waals surface area contributed by atoms with Crippen molar-refractivity contribution in [1.29, 1.82) is 5.26 Å². The highest BCUT2D eigenvalue weighted by Crippen LogP contribution is 2.39. The van der Waals surface area contributed by atoms with Crippen LogP contribution >= 0.6 is 10.7 Å². The van der Waals surface area contributed by atoms with Gasteiger partial charge in [-0.25, -0.2) is 8.42 Å². The van der Waals surface area contributed by atoms with E-state index in [0.717, 1.165) is 11.0 Å². The van der Waals surface area contributed by atoms with E-state index in [1.165, 1.54) is 6.07 Å². The number of carbonyl (C=O) groups excluding carboxylic acids is 1. The summed E-state index contributed by atoms with van der Waals surface area (Å²) in [6, 6.07) is 4.48. The average Bonchev–Trinajstić information content (AvgIpc) is 2.75. The summed E-state index contributed by atoms with van der Waals surface area (Å²) in [5.41, 5.74) is -1.69. The Morgan fingerprint density at radius 1 is 1.39 bits per heavy atom. The molecule has 0 spiro atoms. The van der Waals surface area contributed by atoms with Crippen molar-refractivity contribution < 1.29 is 26.4 Å². The molecule has 0 radical (unpaired) electrons. The van der Waals surface area contributed by atoms with Crippen LogP contribution in [0.2, 0.25) is 0 Å². The van der Waals surface area contributed by atoms with Gasteiger partial charge in [0.1, 0.15) is 0 Å². The van der Waals surface area contributed by atoms with Crippen LogP contribution in [0, 0.1) is 17.2 Å². The van der Waals surface area contributed by atoms with Crippen molar-refractivity contribution in [3.8, 4) is 6.07 Å². The van der Waals surface area contributed by atoms with Crippen LogP contribution in [0.3, 0.4) is 0 Å². The second-order valence-corrected chi connectivity index (χ2v) is 7.94. The van der Waals surface area contributed by atoms with E-state index in [1.807, 2.05) is 0 Å². The van der Waals surface area contributed by atoms with Crippen LogP contribution in [0.4, 0.5) is 18.9 Å². The molecule has 1 unspecified atom stereocenters. The van der Waals surface area contributed by atoms with Crippen LogP contribution in [0.15, 0.2) is 18.2 Å². The van der Waals surface area contributed by atoms with Crippen molar-refractivity contribution in [2.24, 2.45) is 5.92 Å². The smallest absolute Gasteiger partial charge is 0.311 e. The minimum absolute atomic E-state index is 0.181. The Kier molecular flexibility index (Phi) is 4.59. The molecule has 1 amide bonds. The van der Waals surface area contributed by atoms with Crippen molar-refractivity contribution in [2.45, 2.75) is 12.6 Å². The van der Waals surface area contributed by atoms with Crippen molar-refractivity contribution in [3.05, 3.63) is 29.3 Å². The highest BCUT2D eigenvalue weighted by atomic mass is 35.7. The molecule has 124 valence electrons. The molecule has 1 saturated heterocycles. The molecule has 23 heavy (non-hydrogen) atoms. The van der Waals surface area contributed by atoms with Gasteiger partial charge in [-0.3, -0.25) is 4.79 Å². The Bertz CT molecular complexity index is 787. The van der Waals surface area contributed by atoms with Gasteiger partial charge in [0.05, 0.1) is 28.6 Å². The summed E-state index contributed by atoms with van der Waals surface area (Å²) in [4.78, 5) is 12.8. The molecule has 1 aliphatic rings. The number of benzene rings is 1. The minimum atomic E-state index is -4.75. The fourth-order valence-corrected chi connectivity index (χ4v) is 3.80. The van der Waals surface area contributed by atoms with Gasteiger partial charge in [-0.05, 0) is 18.2 Å². The van der Waals surface area contributed by atoms with Gasteiger partial charge in [-0.2, -0.15) is 18.4 Å². The second kappa shape index (κ2) is 6.02. The predicted octanol–water partition coefficient (Wildman–Crippen LogP) is 2.50. The summed E-state index contributed by atoms with van der Waals surface area (Å²) in [6.07, 6.45) is -4.96. The molecule has 10 heteroatoms. The maximum Gasteiger partial charge on any atom is 0.418 e. The van der Waals surface area contributed by atoms with Gasteiger partial charge in [0, 0.05) is 29.6 Å².